The van der Waals surface area contributed by atoms with E-state index in [1.54, 1.807) is 12.1 Å². The Labute approximate surface area is 119 Å². The molecule has 1 N–H and O–H groups in total. The molecular formula is C13H7Br2NO2. The van der Waals surface area contributed by atoms with Gasteiger partial charge in [-0.25, -0.2) is 9.36 Å². The van der Waals surface area contributed by atoms with Gasteiger partial charge in [0.2, 0.25) is 0 Å². The molecule has 0 aliphatic carbocycles. The maximum atomic E-state index is 11.4. The summed E-state index contributed by atoms with van der Waals surface area (Å²) in [5.74, 6) is 0. The quantitative estimate of drug-likeness (QED) is 0.616. The Hall–Kier alpha value is -1.33. The summed E-state index contributed by atoms with van der Waals surface area (Å²) < 4.78 is 3.17. The maximum absolute atomic E-state index is 11.4. The van der Waals surface area contributed by atoms with Crippen molar-refractivity contribution in [3.8, 4) is 0 Å². The molecule has 0 saturated carbocycles. The van der Waals surface area contributed by atoms with Crippen molar-refractivity contribution < 1.29 is 9.90 Å². The van der Waals surface area contributed by atoms with Crippen LogP contribution in [-0.4, -0.2) is 15.8 Å². The van der Waals surface area contributed by atoms with Gasteiger partial charge in [-0.1, -0.05) is 31.9 Å². The number of hydrogen-bond donors (Lipinski definition) is 1. The lowest BCUT2D eigenvalue weighted by atomic mass is 10.2. The molecule has 0 aliphatic rings. The fourth-order valence-electron chi connectivity index (χ4n) is 2.17. The molecule has 0 saturated heterocycles. The van der Waals surface area contributed by atoms with Crippen LogP contribution in [0.25, 0.3) is 21.8 Å². The molecule has 5 heteroatoms. The van der Waals surface area contributed by atoms with Crippen LogP contribution >= 0.6 is 31.9 Å². The van der Waals surface area contributed by atoms with Gasteiger partial charge in [-0.15, -0.1) is 0 Å². The maximum Gasteiger partial charge on any atom is 0.416 e. The first-order chi connectivity index (χ1) is 8.58. The number of rotatable bonds is 0. The largest absolute Gasteiger partial charge is 0.464 e. The predicted molar refractivity (Wildman–Crippen MR) is 78.3 cm³/mol. The van der Waals surface area contributed by atoms with Crippen LogP contribution in [0.3, 0.4) is 0 Å². The van der Waals surface area contributed by atoms with Crippen molar-refractivity contribution in [1.29, 1.82) is 0 Å². The van der Waals surface area contributed by atoms with Gasteiger partial charge >= 0.3 is 6.09 Å². The molecule has 0 amide bonds. The van der Waals surface area contributed by atoms with E-state index in [1.807, 2.05) is 24.3 Å². The van der Waals surface area contributed by atoms with E-state index in [-0.39, 0.29) is 0 Å². The normalized spacial score (nSPS) is 11.2. The lowest BCUT2D eigenvalue weighted by Gasteiger charge is -1.99. The fraction of sp³-hybridized carbons (Fsp3) is 0. The number of halogens is 2. The first kappa shape index (κ1) is 11.7. The van der Waals surface area contributed by atoms with E-state index in [0.717, 1.165) is 19.7 Å². The van der Waals surface area contributed by atoms with Gasteiger partial charge in [0.1, 0.15) is 0 Å². The van der Waals surface area contributed by atoms with Crippen LogP contribution in [-0.2, 0) is 0 Å². The molecule has 3 nitrogen and oxygen atoms in total. The molecule has 0 bridgehead atoms. The minimum atomic E-state index is -0.973. The molecular weight excluding hydrogens is 362 g/mol. The van der Waals surface area contributed by atoms with Crippen LogP contribution in [0.1, 0.15) is 0 Å². The molecule has 0 fully saturated rings. The average molecular weight is 369 g/mol. The van der Waals surface area contributed by atoms with Crippen LogP contribution in [0.4, 0.5) is 4.79 Å². The van der Waals surface area contributed by atoms with Crippen molar-refractivity contribution in [2.45, 2.75) is 0 Å². The molecule has 0 spiro atoms. The Morgan fingerprint density at radius 2 is 1.39 bits per heavy atom. The van der Waals surface area contributed by atoms with Crippen LogP contribution in [0.5, 0.6) is 0 Å². The first-order valence-electron chi connectivity index (χ1n) is 5.20. The van der Waals surface area contributed by atoms with Crippen molar-refractivity contribution in [3.63, 3.8) is 0 Å². The molecule has 0 aliphatic heterocycles. The van der Waals surface area contributed by atoms with Gasteiger partial charge in [0, 0.05) is 19.7 Å². The Bertz CT molecular complexity index is 733. The van der Waals surface area contributed by atoms with Gasteiger partial charge < -0.3 is 5.11 Å². The number of aromatic nitrogens is 1. The number of hydrogen-bond acceptors (Lipinski definition) is 1. The second kappa shape index (κ2) is 4.10. The molecule has 3 aromatic rings. The van der Waals surface area contributed by atoms with Crippen molar-refractivity contribution >= 4 is 59.8 Å². The summed E-state index contributed by atoms with van der Waals surface area (Å²) in [6, 6.07) is 11.2. The van der Waals surface area contributed by atoms with E-state index in [9.17, 15) is 9.90 Å². The number of nitrogens with zero attached hydrogens (tertiary/aromatic N) is 1. The van der Waals surface area contributed by atoms with Crippen molar-refractivity contribution in [2.24, 2.45) is 0 Å². The molecule has 90 valence electrons. The minimum absolute atomic E-state index is 0.693. The van der Waals surface area contributed by atoms with E-state index in [0.29, 0.717) is 11.0 Å². The summed E-state index contributed by atoms with van der Waals surface area (Å²) in [5.41, 5.74) is 1.39. The Morgan fingerprint density at radius 1 is 0.944 bits per heavy atom. The van der Waals surface area contributed by atoms with E-state index >= 15 is 0 Å². The smallest absolute Gasteiger partial charge is 0.416 e. The van der Waals surface area contributed by atoms with Gasteiger partial charge in [-0.3, -0.25) is 0 Å². The molecule has 2 aromatic carbocycles. The monoisotopic (exact) mass is 367 g/mol. The zero-order chi connectivity index (χ0) is 12.9. The van der Waals surface area contributed by atoms with E-state index < -0.39 is 6.09 Å². The van der Waals surface area contributed by atoms with E-state index in [4.69, 9.17) is 0 Å². The Kier molecular flexibility index (Phi) is 2.68. The van der Waals surface area contributed by atoms with Gasteiger partial charge in [-0.05, 0) is 36.4 Å². The lowest BCUT2D eigenvalue weighted by molar-refractivity contribution is 0.198. The Balaban J connectivity index is 2.60. The van der Waals surface area contributed by atoms with Crippen molar-refractivity contribution in [3.05, 3.63) is 45.3 Å². The molecule has 18 heavy (non-hydrogen) atoms. The van der Waals surface area contributed by atoms with E-state index in [1.165, 1.54) is 4.57 Å². The number of benzene rings is 2. The van der Waals surface area contributed by atoms with Gasteiger partial charge in [0.05, 0.1) is 11.0 Å². The van der Waals surface area contributed by atoms with Gasteiger partial charge in [0.25, 0.3) is 0 Å². The first-order valence-corrected chi connectivity index (χ1v) is 6.79. The summed E-state index contributed by atoms with van der Waals surface area (Å²) in [4.78, 5) is 11.4. The summed E-state index contributed by atoms with van der Waals surface area (Å²) in [6.07, 6.45) is -0.973. The predicted octanol–water partition coefficient (Wildman–Crippen LogP) is 4.85. The highest BCUT2D eigenvalue weighted by atomic mass is 79.9. The zero-order valence-corrected chi connectivity index (χ0v) is 12.2. The third kappa shape index (κ3) is 1.66. The molecule has 0 atom stereocenters. The van der Waals surface area contributed by atoms with Crippen LogP contribution in [0.2, 0.25) is 0 Å². The highest BCUT2D eigenvalue weighted by Gasteiger charge is 2.15. The fourth-order valence-corrected chi connectivity index (χ4v) is 2.90. The summed E-state index contributed by atoms with van der Waals surface area (Å²) >= 11 is 6.83. The molecule has 0 unspecified atom stereocenters. The number of fused-ring (bicyclic) bond motifs is 3. The minimum Gasteiger partial charge on any atom is -0.464 e. The number of carboxylic acid groups (broad SMARTS) is 1. The zero-order valence-electron chi connectivity index (χ0n) is 9.02. The highest BCUT2D eigenvalue weighted by Crippen LogP contribution is 2.32. The topological polar surface area (TPSA) is 42.2 Å². The van der Waals surface area contributed by atoms with Gasteiger partial charge in [-0.2, -0.15) is 0 Å². The third-order valence-electron chi connectivity index (χ3n) is 2.88. The standard InChI is InChI=1S/C13H7Br2NO2/c14-7-1-3-11-9(5-7)10-6-8(15)2-4-12(10)16(11)13(17)18/h1-6H,(H,17,18). The highest BCUT2D eigenvalue weighted by molar-refractivity contribution is 9.10. The van der Waals surface area contributed by atoms with Crippen LogP contribution < -0.4 is 0 Å². The summed E-state index contributed by atoms with van der Waals surface area (Å²) in [7, 11) is 0. The average Bonchev–Trinajstić information content (AvgIpc) is 2.62. The molecule has 1 aromatic heterocycles. The van der Waals surface area contributed by atoms with Crippen molar-refractivity contribution in [2.75, 3.05) is 0 Å². The lowest BCUT2D eigenvalue weighted by Crippen LogP contribution is -2.06. The third-order valence-corrected chi connectivity index (χ3v) is 3.87. The summed E-state index contributed by atoms with van der Waals surface area (Å²) in [6.45, 7) is 0. The van der Waals surface area contributed by atoms with Crippen LogP contribution in [0.15, 0.2) is 45.3 Å². The second-order valence-electron chi connectivity index (χ2n) is 3.94. The summed E-state index contributed by atoms with van der Waals surface area (Å²) in [5, 5.41) is 11.2. The number of carbonyl (C=O) groups is 1. The van der Waals surface area contributed by atoms with Crippen LogP contribution in [0, 0.1) is 0 Å². The van der Waals surface area contributed by atoms with Crippen molar-refractivity contribution in [1.82, 2.24) is 4.57 Å². The van der Waals surface area contributed by atoms with Gasteiger partial charge in [0.15, 0.2) is 0 Å². The molecule has 3 rings (SSSR count). The molecule has 0 radical (unpaired) electrons. The second-order valence-corrected chi connectivity index (χ2v) is 5.77. The SMILES string of the molecule is O=C(O)n1c2ccc(Br)cc2c2cc(Br)ccc21. The Morgan fingerprint density at radius 3 is 1.78 bits per heavy atom. The molecule has 1 heterocycles. The van der Waals surface area contributed by atoms with E-state index in [2.05, 4.69) is 31.9 Å².